The summed E-state index contributed by atoms with van der Waals surface area (Å²) in [6, 6.07) is 14.1. The van der Waals surface area contributed by atoms with Gasteiger partial charge in [-0.3, -0.25) is 13.9 Å². The molecule has 190 valence electrons. The summed E-state index contributed by atoms with van der Waals surface area (Å²) < 4.78 is 36.9. The number of fused-ring (bicyclic) bond motifs is 1. The third-order valence-corrected chi connectivity index (χ3v) is 7.11. The Hall–Kier alpha value is -3.27. The van der Waals surface area contributed by atoms with E-state index in [2.05, 4.69) is 5.32 Å². The van der Waals surface area contributed by atoms with Crippen molar-refractivity contribution in [1.82, 2.24) is 10.2 Å². The molecule has 2 aromatic rings. The molecule has 2 aromatic carbocycles. The summed E-state index contributed by atoms with van der Waals surface area (Å²) in [6.07, 6.45) is 2.63. The predicted molar refractivity (Wildman–Crippen MR) is 134 cm³/mol. The largest absolute Gasteiger partial charge is 0.454 e. The van der Waals surface area contributed by atoms with E-state index in [9.17, 15) is 18.0 Å². The SMILES string of the molecule is CCC(C(=O)NC)N(CCc1ccccc1)C(=O)CCCN(c1ccc2c(c1)OCO2)S(C)(=O)=O. The molecule has 0 fully saturated rings. The molecule has 0 radical (unpaired) electrons. The van der Waals surface area contributed by atoms with Crippen LogP contribution in [0.15, 0.2) is 48.5 Å². The molecule has 10 heteroatoms. The van der Waals surface area contributed by atoms with Gasteiger partial charge in [0.2, 0.25) is 28.6 Å². The molecule has 0 aromatic heterocycles. The molecular formula is C25H33N3O6S. The van der Waals surface area contributed by atoms with Crippen LogP contribution in [0, 0.1) is 0 Å². The second-order valence-electron chi connectivity index (χ2n) is 8.34. The molecule has 35 heavy (non-hydrogen) atoms. The van der Waals surface area contributed by atoms with Crippen molar-refractivity contribution in [3.8, 4) is 11.5 Å². The van der Waals surface area contributed by atoms with Crippen molar-refractivity contribution in [2.45, 2.75) is 38.6 Å². The minimum absolute atomic E-state index is 0.0922. The Kier molecular flexibility index (Phi) is 8.97. The maximum absolute atomic E-state index is 13.2. The summed E-state index contributed by atoms with van der Waals surface area (Å²) in [6.45, 7) is 2.48. The molecule has 0 saturated carbocycles. The van der Waals surface area contributed by atoms with Gasteiger partial charge in [-0.05, 0) is 37.0 Å². The number of likely N-dealkylation sites (N-methyl/N-ethyl adjacent to an activating group) is 1. The van der Waals surface area contributed by atoms with Gasteiger partial charge < -0.3 is 19.7 Å². The number of carbonyl (C=O) groups is 2. The number of amides is 2. The number of nitrogens with zero attached hydrogens (tertiary/aromatic N) is 2. The lowest BCUT2D eigenvalue weighted by atomic mass is 10.1. The van der Waals surface area contributed by atoms with E-state index < -0.39 is 16.1 Å². The number of anilines is 1. The summed E-state index contributed by atoms with van der Waals surface area (Å²) in [7, 11) is -2.03. The third-order valence-electron chi connectivity index (χ3n) is 5.91. The van der Waals surface area contributed by atoms with Gasteiger partial charge in [-0.2, -0.15) is 0 Å². The van der Waals surface area contributed by atoms with Crippen LogP contribution in [0.25, 0.3) is 0 Å². The summed E-state index contributed by atoms with van der Waals surface area (Å²) in [5, 5.41) is 2.64. The first-order chi connectivity index (χ1) is 16.7. The number of rotatable bonds is 12. The van der Waals surface area contributed by atoms with Crippen LogP contribution in [0.1, 0.15) is 31.7 Å². The lowest BCUT2D eigenvalue weighted by Crippen LogP contribution is -2.49. The van der Waals surface area contributed by atoms with Gasteiger partial charge in [0.25, 0.3) is 0 Å². The Labute approximate surface area is 207 Å². The van der Waals surface area contributed by atoms with Gasteiger partial charge in [0, 0.05) is 32.6 Å². The Balaban J connectivity index is 1.70. The van der Waals surface area contributed by atoms with Gasteiger partial charge >= 0.3 is 0 Å². The van der Waals surface area contributed by atoms with Gasteiger partial charge in [0.1, 0.15) is 6.04 Å². The van der Waals surface area contributed by atoms with Gasteiger partial charge in [-0.1, -0.05) is 37.3 Å². The standard InChI is InChI=1S/C25H33N3O6S/c1-4-21(25(30)26-2)27(16-14-19-9-6-5-7-10-19)24(29)11-8-15-28(35(3,31)32)20-12-13-22-23(17-20)34-18-33-22/h5-7,9-10,12-13,17,21H,4,8,11,14-16,18H2,1-3H3,(H,26,30). The first-order valence-electron chi connectivity index (χ1n) is 11.7. The van der Waals surface area contributed by atoms with Gasteiger partial charge in [0.05, 0.1) is 11.9 Å². The monoisotopic (exact) mass is 503 g/mol. The van der Waals surface area contributed by atoms with E-state index in [0.717, 1.165) is 11.8 Å². The van der Waals surface area contributed by atoms with Crippen LogP contribution in [-0.4, -0.2) is 64.4 Å². The maximum atomic E-state index is 13.2. The fourth-order valence-electron chi connectivity index (χ4n) is 4.11. The van der Waals surface area contributed by atoms with E-state index in [1.807, 2.05) is 37.3 Å². The van der Waals surface area contributed by atoms with E-state index in [4.69, 9.17) is 9.47 Å². The van der Waals surface area contributed by atoms with Gasteiger partial charge in [0.15, 0.2) is 11.5 Å². The zero-order valence-electron chi connectivity index (χ0n) is 20.4. The second-order valence-corrected chi connectivity index (χ2v) is 10.2. The Morgan fingerprint density at radius 3 is 2.43 bits per heavy atom. The fourth-order valence-corrected chi connectivity index (χ4v) is 5.06. The highest BCUT2D eigenvalue weighted by Gasteiger charge is 2.28. The van der Waals surface area contributed by atoms with Crippen molar-refractivity contribution in [2.75, 3.05) is 37.5 Å². The Bertz CT molecular complexity index is 1120. The first-order valence-corrected chi connectivity index (χ1v) is 13.5. The van der Waals surface area contributed by atoms with Crippen molar-refractivity contribution in [1.29, 1.82) is 0 Å². The van der Waals surface area contributed by atoms with Crippen molar-refractivity contribution >= 4 is 27.5 Å². The smallest absolute Gasteiger partial charge is 0.242 e. The molecule has 1 aliphatic heterocycles. The van der Waals surface area contributed by atoms with Gasteiger partial charge in [-0.25, -0.2) is 8.42 Å². The molecule has 1 unspecified atom stereocenters. The van der Waals surface area contributed by atoms with Crippen LogP contribution in [0.5, 0.6) is 11.5 Å². The average Bonchev–Trinajstić information content (AvgIpc) is 3.31. The van der Waals surface area contributed by atoms with Crippen molar-refractivity contribution < 1.29 is 27.5 Å². The molecule has 0 aliphatic carbocycles. The minimum Gasteiger partial charge on any atom is -0.454 e. The second kappa shape index (κ2) is 11.9. The molecule has 0 bridgehead atoms. The normalized spacial score (nSPS) is 13.2. The Morgan fingerprint density at radius 1 is 1.06 bits per heavy atom. The topological polar surface area (TPSA) is 105 Å². The lowest BCUT2D eigenvalue weighted by molar-refractivity contribution is -0.140. The molecule has 9 nitrogen and oxygen atoms in total. The Morgan fingerprint density at radius 2 is 1.77 bits per heavy atom. The maximum Gasteiger partial charge on any atom is 0.242 e. The number of sulfonamides is 1. The van der Waals surface area contributed by atoms with Crippen LogP contribution in [0.3, 0.4) is 0 Å². The number of hydrogen-bond donors (Lipinski definition) is 1. The van der Waals surface area contributed by atoms with E-state index in [0.29, 0.717) is 43.0 Å². The van der Waals surface area contributed by atoms with Crippen LogP contribution < -0.4 is 19.1 Å². The van der Waals surface area contributed by atoms with E-state index in [-0.39, 0.29) is 31.6 Å². The average molecular weight is 504 g/mol. The van der Waals surface area contributed by atoms with Crippen molar-refractivity contribution in [3.05, 3.63) is 54.1 Å². The molecule has 2 amide bonds. The van der Waals surface area contributed by atoms with E-state index in [1.54, 1.807) is 30.1 Å². The molecule has 1 heterocycles. The van der Waals surface area contributed by atoms with E-state index in [1.165, 1.54) is 4.31 Å². The quantitative estimate of drug-likeness (QED) is 0.477. The molecule has 0 saturated heterocycles. The van der Waals surface area contributed by atoms with Crippen LogP contribution in [0.2, 0.25) is 0 Å². The summed E-state index contributed by atoms with van der Waals surface area (Å²) in [5.41, 5.74) is 1.52. The zero-order chi connectivity index (χ0) is 25.4. The molecule has 3 rings (SSSR count). The highest BCUT2D eigenvalue weighted by Crippen LogP contribution is 2.36. The highest BCUT2D eigenvalue weighted by atomic mass is 32.2. The summed E-state index contributed by atoms with van der Waals surface area (Å²) >= 11 is 0. The molecule has 1 aliphatic rings. The molecular weight excluding hydrogens is 470 g/mol. The van der Waals surface area contributed by atoms with Gasteiger partial charge in [-0.15, -0.1) is 0 Å². The van der Waals surface area contributed by atoms with Crippen molar-refractivity contribution in [3.63, 3.8) is 0 Å². The highest BCUT2D eigenvalue weighted by molar-refractivity contribution is 7.92. The number of benzene rings is 2. The summed E-state index contributed by atoms with van der Waals surface area (Å²) in [4.78, 5) is 27.3. The molecule has 0 spiro atoms. The molecule has 1 atom stereocenters. The number of hydrogen-bond acceptors (Lipinski definition) is 6. The lowest BCUT2D eigenvalue weighted by Gasteiger charge is -2.30. The number of carbonyl (C=O) groups excluding carboxylic acids is 2. The minimum atomic E-state index is -3.59. The van der Waals surface area contributed by atoms with Crippen LogP contribution in [-0.2, 0) is 26.0 Å². The fraction of sp³-hybridized carbons (Fsp3) is 0.440. The predicted octanol–water partition coefficient (Wildman–Crippen LogP) is 2.56. The van der Waals surface area contributed by atoms with Crippen LogP contribution in [0.4, 0.5) is 5.69 Å². The van der Waals surface area contributed by atoms with Crippen LogP contribution >= 0.6 is 0 Å². The first kappa shape index (κ1) is 26.3. The number of ether oxygens (including phenoxy) is 2. The number of nitrogens with one attached hydrogen (secondary N) is 1. The summed E-state index contributed by atoms with van der Waals surface area (Å²) in [5.74, 6) is 0.643. The van der Waals surface area contributed by atoms with E-state index >= 15 is 0 Å². The van der Waals surface area contributed by atoms with Crippen molar-refractivity contribution in [2.24, 2.45) is 0 Å². The third kappa shape index (κ3) is 6.88. The molecule has 1 N–H and O–H groups in total. The zero-order valence-corrected chi connectivity index (χ0v) is 21.2.